The van der Waals surface area contributed by atoms with Gasteiger partial charge in [0.2, 0.25) is 16.0 Å². The van der Waals surface area contributed by atoms with E-state index in [1.54, 1.807) is 0 Å². The van der Waals surface area contributed by atoms with Gasteiger partial charge in [-0.3, -0.25) is 0 Å². The minimum absolute atomic E-state index is 0.101. The second-order valence-electron chi connectivity index (χ2n) is 23.4. The van der Waals surface area contributed by atoms with E-state index in [9.17, 15) is 0 Å². The van der Waals surface area contributed by atoms with Crippen LogP contribution in [-0.2, 0) is 9.31 Å². The van der Waals surface area contributed by atoms with Gasteiger partial charge >= 0.3 is 7.12 Å². The molecule has 0 amide bonds. The highest BCUT2D eigenvalue weighted by atomic mass is 35.5. The smallest absolute Gasteiger partial charge is 0.456 e. The number of rotatable bonds is 8. The number of halogens is 2. The van der Waals surface area contributed by atoms with E-state index in [-0.39, 0.29) is 10.6 Å². The first-order chi connectivity index (χ1) is 45.9. The predicted octanol–water partition coefficient (Wildman–Crippen LogP) is 19.1. The molecular weight excluding hydrogens is 1210 g/mol. The molecule has 11 nitrogen and oxygen atoms in total. The molecule has 0 unspecified atom stereocenters. The highest BCUT2D eigenvalue weighted by molar-refractivity contribution is 6.68. The van der Waals surface area contributed by atoms with Gasteiger partial charge in [0.1, 0.15) is 33.6 Å². The Hall–Kier alpha value is -11.1. The van der Waals surface area contributed by atoms with Crippen molar-refractivity contribution in [2.24, 2.45) is 0 Å². The molecule has 0 saturated carbocycles. The first-order valence-electron chi connectivity index (χ1n) is 30.4. The van der Waals surface area contributed by atoms with Crippen molar-refractivity contribution < 1.29 is 22.6 Å². The summed E-state index contributed by atoms with van der Waals surface area (Å²) < 4.78 is 31.5. The van der Waals surface area contributed by atoms with Crippen LogP contribution in [0.3, 0.4) is 0 Å². The summed E-state index contributed by atoms with van der Waals surface area (Å²) in [6.45, 7) is 8.27. The number of hydrogen-bond donors (Lipinski definition) is 0. The number of aromatic nitrogens is 6. The third-order valence-corrected chi connectivity index (χ3v) is 17.4. The van der Waals surface area contributed by atoms with Crippen LogP contribution in [0.4, 0.5) is 0 Å². The molecule has 6 heterocycles. The van der Waals surface area contributed by atoms with E-state index in [0.717, 1.165) is 121 Å². The van der Waals surface area contributed by atoms with Crippen LogP contribution >= 0.6 is 23.2 Å². The minimum Gasteiger partial charge on any atom is -0.456 e. The Kier molecular flexibility index (Phi) is 16.4. The van der Waals surface area contributed by atoms with Gasteiger partial charge in [-0.1, -0.05) is 194 Å². The van der Waals surface area contributed by atoms with Crippen LogP contribution in [0, 0.1) is 18.9 Å². The van der Waals surface area contributed by atoms with Crippen LogP contribution in [0.15, 0.2) is 262 Å². The molecule has 1 fully saturated rings. The number of terminal acetylenes is 1. The van der Waals surface area contributed by atoms with Crippen LogP contribution in [0.2, 0.25) is 10.6 Å². The average molecular weight is 1260 g/mol. The quantitative estimate of drug-likeness (QED) is 0.0817. The zero-order chi connectivity index (χ0) is 64.5. The Morgan fingerprint density at radius 1 is 0.362 bits per heavy atom. The fraction of sp³-hybridized carbons (Fsp3) is 0.0750. The Bertz CT molecular complexity index is 5290. The normalized spacial score (nSPS) is 13.5. The standard InChI is InChI=1S/C45H27N3O2.C24H22BO3.C9H5Cl2N3.C2H2/c1-4-12-28(13-5-1)31-22-24-37-35(26-31)41-33(18-10-20-39(41)49-37)44-46-43(30-16-8-3-9-17-30)47-45(48-44)34-19-11-21-40-42(34)36-27-32(23-25-38(36)50-40)29-14-6-2-7-15-29;1-23(2)24(3,4)28-25(27-23)19-11-8-12-21-22(19)18-15-17(13-14-20(18)26-21)16-9-6-5-7-10-16;10-8-12-7(13-9(11)14-8)6-4-2-1-3-5-6;1-2/h1-27H;5-7,9-15H,1-4H3;1-5H;1-2H/q;+1;;. The Balaban J connectivity index is 0.000000144. The van der Waals surface area contributed by atoms with Crippen LogP contribution in [0.5, 0.6) is 0 Å². The summed E-state index contributed by atoms with van der Waals surface area (Å²) in [6, 6.07) is 81.8. The summed E-state index contributed by atoms with van der Waals surface area (Å²) >= 11 is 11.3. The summed E-state index contributed by atoms with van der Waals surface area (Å²) in [5.74, 6) is 2.22. The van der Waals surface area contributed by atoms with E-state index >= 15 is 0 Å². The number of furan rings is 3. The molecule has 15 aromatic rings. The number of nitrogens with zero attached hydrogens (tertiary/aromatic N) is 6. The average Bonchev–Trinajstić information content (AvgIpc) is 1.56. The predicted molar refractivity (Wildman–Crippen MR) is 379 cm³/mol. The lowest BCUT2D eigenvalue weighted by molar-refractivity contribution is 0.00578. The summed E-state index contributed by atoms with van der Waals surface area (Å²) in [5.41, 5.74) is 15.4. The molecule has 2 aliphatic rings. The zero-order valence-electron chi connectivity index (χ0n) is 51.5. The van der Waals surface area contributed by atoms with Gasteiger partial charge in [0, 0.05) is 49.9 Å². The van der Waals surface area contributed by atoms with Gasteiger partial charge in [-0.15, -0.1) is 12.8 Å². The van der Waals surface area contributed by atoms with Gasteiger partial charge in [-0.05, 0) is 133 Å². The molecule has 0 atom stereocenters. The number of fused-ring (bicyclic) bond motifs is 9. The van der Waals surface area contributed by atoms with Crippen molar-refractivity contribution in [2.75, 3.05) is 0 Å². The fourth-order valence-corrected chi connectivity index (χ4v) is 12.1. The monoisotopic (exact) mass is 1260 g/mol. The Labute approximate surface area is 552 Å². The van der Waals surface area contributed by atoms with E-state index < -0.39 is 18.3 Å². The maximum atomic E-state index is 6.39. The van der Waals surface area contributed by atoms with Gasteiger partial charge < -0.3 is 22.6 Å². The Morgan fingerprint density at radius 2 is 0.734 bits per heavy atom. The largest absolute Gasteiger partial charge is 0.577 e. The van der Waals surface area contributed by atoms with E-state index in [1.807, 2.05) is 133 Å². The summed E-state index contributed by atoms with van der Waals surface area (Å²) in [5, 5.41) is 6.26. The number of benzene rings is 10. The lowest BCUT2D eigenvalue weighted by Crippen LogP contribution is -2.41. The molecule has 0 bridgehead atoms. The van der Waals surface area contributed by atoms with Crippen molar-refractivity contribution in [3.05, 3.63) is 276 Å². The maximum Gasteiger partial charge on any atom is 0.577 e. The minimum atomic E-state index is -0.453. The molecule has 14 heteroatoms. The molecule has 1 saturated heterocycles. The molecule has 1 aliphatic heterocycles. The lowest BCUT2D eigenvalue weighted by atomic mass is 9.75. The van der Waals surface area contributed by atoms with Crippen molar-refractivity contribution in [1.82, 2.24) is 29.9 Å². The third kappa shape index (κ3) is 11.8. The topological polar surface area (TPSA) is 135 Å². The van der Waals surface area contributed by atoms with E-state index in [4.69, 9.17) is 60.7 Å². The van der Waals surface area contributed by atoms with Crippen LogP contribution in [0.25, 0.3) is 145 Å². The maximum absolute atomic E-state index is 6.39. The molecule has 10 aromatic carbocycles. The molecule has 94 heavy (non-hydrogen) atoms. The van der Waals surface area contributed by atoms with Gasteiger partial charge in [0.05, 0.1) is 28.1 Å². The molecular formula is C80H56BCl2N6O5+. The van der Waals surface area contributed by atoms with Crippen molar-refractivity contribution >= 4 is 96.7 Å². The second-order valence-corrected chi connectivity index (χ2v) is 24.0. The molecule has 1 aliphatic carbocycles. The van der Waals surface area contributed by atoms with E-state index in [1.165, 1.54) is 5.56 Å². The summed E-state index contributed by atoms with van der Waals surface area (Å²) in [4.78, 5) is 27.0. The molecule has 17 rings (SSSR count). The zero-order valence-corrected chi connectivity index (χ0v) is 53.0. The van der Waals surface area contributed by atoms with Crippen molar-refractivity contribution in [1.29, 1.82) is 0 Å². The molecule has 5 aromatic heterocycles. The summed E-state index contributed by atoms with van der Waals surface area (Å²) in [6.07, 6.45) is 15.0. The first-order valence-corrected chi connectivity index (χ1v) is 31.2. The van der Waals surface area contributed by atoms with Crippen LogP contribution in [0.1, 0.15) is 27.7 Å². The lowest BCUT2D eigenvalue weighted by Gasteiger charge is -2.32. The van der Waals surface area contributed by atoms with Gasteiger partial charge in [-0.25, -0.2) is 15.0 Å². The van der Waals surface area contributed by atoms with E-state index in [2.05, 4.69) is 183 Å². The van der Waals surface area contributed by atoms with Crippen LogP contribution < -0.4 is 10.6 Å². The molecule has 452 valence electrons. The van der Waals surface area contributed by atoms with Crippen LogP contribution in [-0.4, -0.2) is 48.2 Å². The first kappa shape index (κ1) is 60.4. The van der Waals surface area contributed by atoms with E-state index in [0.29, 0.717) is 23.3 Å². The van der Waals surface area contributed by atoms with Gasteiger partial charge in [0.25, 0.3) is 0 Å². The summed E-state index contributed by atoms with van der Waals surface area (Å²) in [7, 11) is -0.453. The number of allylic oxidation sites excluding steroid dienone is 2. The molecule has 0 radical (unpaired) electrons. The van der Waals surface area contributed by atoms with Crippen molar-refractivity contribution in [3.63, 3.8) is 0 Å². The van der Waals surface area contributed by atoms with Gasteiger partial charge in [0.15, 0.2) is 28.9 Å². The highest BCUT2D eigenvalue weighted by Crippen LogP contribution is 2.43. The molecule has 0 spiro atoms. The molecule has 0 N–H and O–H groups in total. The van der Waals surface area contributed by atoms with Crippen molar-refractivity contribution in [2.45, 2.75) is 38.9 Å². The SMILES string of the molecule is C#C.CC1(C)OB(C2=c3c(oc4ccc(-c5ccccc5)cc34)=C[C+]=C2)OC1(C)C.Clc1nc(Cl)nc(-c2ccccc2)n1.c1ccc(-c2ccc3oc4cccc(-c5nc(-c6ccccc6)nc(-c6cccc7oc8ccc(-c9ccccc9)cc8c67)n5)c4c3c2)cc1. The Morgan fingerprint density at radius 3 is 1.16 bits per heavy atom. The van der Waals surface area contributed by atoms with Crippen molar-refractivity contribution in [3.8, 4) is 91.8 Å². The number of hydrogen-bond acceptors (Lipinski definition) is 11. The highest BCUT2D eigenvalue weighted by Gasteiger charge is 2.55. The second kappa shape index (κ2) is 25.5. The van der Waals surface area contributed by atoms with Gasteiger partial charge in [-0.2, -0.15) is 15.0 Å². The fourth-order valence-electron chi connectivity index (χ4n) is 11.8. The third-order valence-electron chi connectivity index (χ3n) is 17.0.